The molecule has 0 radical (unpaired) electrons. The van der Waals surface area contributed by atoms with Gasteiger partial charge in [-0.3, -0.25) is 0 Å². The summed E-state index contributed by atoms with van der Waals surface area (Å²) in [5, 5.41) is 9.35. The maximum atomic E-state index is 12.7. The molecule has 2 saturated heterocycles. The Labute approximate surface area is 132 Å². The minimum Gasteiger partial charge on any atom is -0.508 e. The Balaban J connectivity index is 1.59. The number of carbonyl (C=O) groups excluding carboxylic acids is 1. The van der Waals surface area contributed by atoms with Gasteiger partial charge in [0.2, 0.25) is 0 Å². The Morgan fingerprint density at radius 3 is 2.45 bits per heavy atom. The Bertz CT molecular complexity index is 494. The predicted molar refractivity (Wildman–Crippen MR) is 87.0 cm³/mol. The van der Waals surface area contributed by atoms with Crippen LogP contribution >= 0.6 is 0 Å². The van der Waals surface area contributed by atoms with Crippen LogP contribution in [0.25, 0.3) is 0 Å². The molecule has 1 aromatic rings. The summed E-state index contributed by atoms with van der Waals surface area (Å²) in [6, 6.07) is 8.06. The number of likely N-dealkylation sites (tertiary alicyclic amines) is 2. The van der Waals surface area contributed by atoms with Crippen molar-refractivity contribution in [2.45, 2.75) is 51.0 Å². The van der Waals surface area contributed by atoms with E-state index >= 15 is 0 Å². The predicted octanol–water partition coefficient (Wildman–Crippen LogP) is 3.40. The van der Waals surface area contributed by atoms with Gasteiger partial charge in [-0.15, -0.1) is 0 Å². The van der Waals surface area contributed by atoms with Crippen LogP contribution in [0.1, 0.15) is 44.1 Å². The highest BCUT2D eigenvalue weighted by Gasteiger charge is 2.30. The normalized spacial score (nSPS) is 22.1. The molecule has 2 heterocycles. The van der Waals surface area contributed by atoms with Gasteiger partial charge in [-0.2, -0.15) is 0 Å². The Hall–Kier alpha value is -1.71. The van der Waals surface area contributed by atoms with Crippen molar-refractivity contribution in [2.24, 2.45) is 0 Å². The third kappa shape index (κ3) is 3.54. The maximum Gasteiger partial charge on any atom is 0.320 e. The average Bonchev–Trinajstić information content (AvgIpc) is 3.08. The molecule has 0 spiro atoms. The molecule has 4 nitrogen and oxygen atoms in total. The van der Waals surface area contributed by atoms with Crippen molar-refractivity contribution < 1.29 is 9.90 Å². The molecule has 1 N–H and O–H groups in total. The fourth-order valence-corrected chi connectivity index (χ4v) is 3.64. The van der Waals surface area contributed by atoms with Crippen LogP contribution in [0.3, 0.4) is 0 Å². The van der Waals surface area contributed by atoms with Crippen molar-refractivity contribution in [1.29, 1.82) is 0 Å². The lowest BCUT2D eigenvalue weighted by Gasteiger charge is -2.38. The summed E-state index contributed by atoms with van der Waals surface area (Å²) in [5.74, 6) is 0.312. The van der Waals surface area contributed by atoms with E-state index in [0.717, 1.165) is 58.2 Å². The van der Waals surface area contributed by atoms with Crippen molar-refractivity contribution in [3.05, 3.63) is 29.8 Å². The third-order valence-electron chi connectivity index (χ3n) is 4.95. The highest BCUT2D eigenvalue weighted by atomic mass is 16.3. The maximum absolute atomic E-state index is 12.7. The van der Waals surface area contributed by atoms with Crippen molar-refractivity contribution in [3.8, 4) is 5.75 Å². The van der Waals surface area contributed by atoms with E-state index in [2.05, 4.69) is 4.90 Å². The lowest BCUT2D eigenvalue weighted by molar-refractivity contribution is 0.119. The van der Waals surface area contributed by atoms with E-state index in [9.17, 15) is 9.90 Å². The lowest BCUT2D eigenvalue weighted by Crippen LogP contribution is -2.49. The second kappa shape index (κ2) is 7.03. The summed E-state index contributed by atoms with van der Waals surface area (Å²) in [6.45, 7) is 2.77. The van der Waals surface area contributed by atoms with E-state index in [4.69, 9.17) is 0 Å². The Kier molecular flexibility index (Phi) is 4.86. The smallest absolute Gasteiger partial charge is 0.320 e. The van der Waals surface area contributed by atoms with Crippen molar-refractivity contribution >= 4 is 6.03 Å². The Morgan fingerprint density at radius 1 is 1.05 bits per heavy atom. The molecule has 2 fully saturated rings. The van der Waals surface area contributed by atoms with Crippen LogP contribution in [-0.2, 0) is 6.42 Å². The summed E-state index contributed by atoms with van der Waals surface area (Å²) in [4.78, 5) is 16.8. The zero-order valence-corrected chi connectivity index (χ0v) is 13.2. The van der Waals surface area contributed by atoms with Gasteiger partial charge in [-0.1, -0.05) is 12.1 Å². The van der Waals surface area contributed by atoms with Gasteiger partial charge >= 0.3 is 6.03 Å². The summed E-state index contributed by atoms with van der Waals surface area (Å²) in [7, 11) is 0. The molecule has 0 aromatic heterocycles. The topological polar surface area (TPSA) is 43.8 Å². The monoisotopic (exact) mass is 302 g/mol. The number of phenols is 1. The quantitative estimate of drug-likeness (QED) is 0.930. The number of aryl methyl sites for hydroxylation is 1. The van der Waals surface area contributed by atoms with E-state index in [1.54, 1.807) is 12.1 Å². The Morgan fingerprint density at radius 2 is 1.73 bits per heavy atom. The number of rotatable bonds is 3. The molecular formula is C18H26N2O2. The van der Waals surface area contributed by atoms with Gasteiger partial charge in [-0.05, 0) is 62.6 Å². The number of carbonyl (C=O) groups is 1. The van der Waals surface area contributed by atoms with Crippen LogP contribution in [0.15, 0.2) is 24.3 Å². The molecule has 1 atom stereocenters. The molecule has 22 heavy (non-hydrogen) atoms. The summed E-state index contributed by atoms with van der Waals surface area (Å²) in [6.07, 6.45) is 7.77. The molecule has 0 unspecified atom stereocenters. The summed E-state index contributed by atoms with van der Waals surface area (Å²) >= 11 is 0. The molecule has 0 aliphatic carbocycles. The van der Waals surface area contributed by atoms with Crippen LogP contribution in [0.2, 0.25) is 0 Å². The van der Waals surface area contributed by atoms with Gasteiger partial charge in [0.1, 0.15) is 5.75 Å². The molecule has 120 valence electrons. The van der Waals surface area contributed by atoms with E-state index in [0.29, 0.717) is 11.8 Å². The number of amides is 2. The van der Waals surface area contributed by atoms with Crippen molar-refractivity contribution in [1.82, 2.24) is 9.80 Å². The minimum absolute atomic E-state index is 0.257. The first kappa shape index (κ1) is 15.2. The minimum atomic E-state index is 0.257. The first-order chi connectivity index (χ1) is 10.7. The molecule has 1 aromatic carbocycles. The molecule has 2 amide bonds. The molecular weight excluding hydrogens is 276 g/mol. The zero-order valence-electron chi connectivity index (χ0n) is 13.2. The second-order valence-corrected chi connectivity index (χ2v) is 6.52. The number of hydrogen-bond donors (Lipinski definition) is 1. The largest absolute Gasteiger partial charge is 0.508 e. The average molecular weight is 302 g/mol. The van der Waals surface area contributed by atoms with Crippen LogP contribution in [0.4, 0.5) is 4.79 Å². The van der Waals surface area contributed by atoms with Crippen molar-refractivity contribution in [2.75, 3.05) is 19.6 Å². The lowest BCUT2D eigenvalue weighted by atomic mass is 9.96. The van der Waals surface area contributed by atoms with Gasteiger partial charge in [-0.25, -0.2) is 4.79 Å². The number of hydrogen-bond acceptors (Lipinski definition) is 2. The first-order valence-corrected chi connectivity index (χ1v) is 8.57. The van der Waals surface area contributed by atoms with E-state index in [-0.39, 0.29) is 6.03 Å². The van der Waals surface area contributed by atoms with Gasteiger partial charge in [0.15, 0.2) is 0 Å². The molecule has 2 aliphatic rings. The third-order valence-corrected chi connectivity index (χ3v) is 4.95. The fourth-order valence-electron chi connectivity index (χ4n) is 3.64. The SMILES string of the molecule is O=C(N1CCCC1)N1CCCC[C@H]1CCc1ccc(O)cc1. The van der Waals surface area contributed by atoms with Crippen molar-refractivity contribution in [3.63, 3.8) is 0 Å². The van der Waals surface area contributed by atoms with Gasteiger partial charge < -0.3 is 14.9 Å². The number of urea groups is 1. The number of piperidine rings is 1. The molecule has 3 rings (SSSR count). The first-order valence-electron chi connectivity index (χ1n) is 8.57. The molecule has 0 bridgehead atoms. The van der Waals surface area contributed by atoms with E-state index in [1.165, 1.54) is 12.0 Å². The number of aromatic hydroxyl groups is 1. The molecule has 0 saturated carbocycles. The van der Waals surface area contributed by atoms with Crippen LogP contribution in [0, 0.1) is 0 Å². The van der Waals surface area contributed by atoms with Crippen LogP contribution in [0.5, 0.6) is 5.75 Å². The molecule has 2 aliphatic heterocycles. The number of nitrogens with zero attached hydrogens (tertiary/aromatic N) is 2. The molecule has 4 heteroatoms. The van der Waals surface area contributed by atoms with E-state index in [1.807, 2.05) is 17.0 Å². The number of benzene rings is 1. The van der Waals surface area contributed by atoms with Gasteiger partial charge in [0.25, 0.3) is 0 Å². The van der Waals surface area contributed by atoms with Crippen LogP contribution < -0.4 is 0 Å². The highest BCUT2D eigenvalue weighted by Crippen LogP contribution is 2.24. The van der Waals surface area contributed by atoms with Crippen LogP contribution in [-0.4, -0.2) is 46.6 Å². The van der Waals surface area contributed by atoms with E-state index < -0.39 is 0 Å². The fraction of sp³-hybridized carbons (Fsp3) is 0.611. The highest BCUT2D eigenvalue weighted by molar-refractivity contribution is 5.75. The van der Waals surface area contributed by atoms with Gasteiger partial charge in [0, 0.05) is 25.7 Å². The second-order valence-electron chi connectivity index (χ2n) is 6.52. The summed E-state index contributed by atoms with van der Waals surface area (Å²) in [5.41, 5.74) is 1.23. The van der Waals surface area contributed by atoms with Gasteiger partial charge in [0.05, 0.1) is 0 Å². The zero-order chi connectivity index (χ0) is 15.4. The number of phenolic OH excluding ortho intramolecular Hbond substituents is 1. The standard InChI is InChI=1S/C18H26N2O2/c21-17-10-7-15(8-11-17)6-9-16-5-1-2-14-20(16)18(22)19-12-3-4-13-19/h7-8,10-11,16,21H,1-6,9,12-14H2/t16-/m0/s1. The summed E-state index contributed by atoms with van der Waals surface area (Å²) < 4.78 is 0.